The molecule has 0 bridgehead atoms. The Bertz CT molecular complexity index is 456. The fourth-order valence-corrected chi connectivity index (χ4v) is 2.98. The van der Waals surface area contributed by atoms with E-state index in [-0.39, 0.29) is 16.6 Å². The van der Waals surface area contributed by atoms with Crippen molar-refractivity contribution in [2.45, 2.75) is 44.0 Å². The molecule has 20 heavy (non-hydrogen) atoms. The maximum Gasteiger partial charge on any atom is 0.417 e. The molecule has 2 nitrogen and oxygen atoms in total. The SMILES string of the molecule is COC1CCC(Nc2ccc(Br)c(C(F)(F)F)c2)CC1. The van der Waals surface area contributed by atoms with Crippen LogP contribution in [0.25, 0.3) is 0 Å². The van der Waals surface area contributed by atoms with Crippen molar-refractivity contribution in [1.29, 1.82) is 0 Å². The molecule has 112 valence electrons. The molecule has 0 aromatic heterocycles. The number of benzene rings is 1. The van der Waals surface area contributed by atoms with Gasteiger partial charge in [0.05, 0.1) is 11.7 Å². The van der Waals surface area contributed by atoms with E-state index in [2.05, 4.69) is 21.2 Å². The van der Waals surface area contributed by atoms with Crippen LogP contribution in [0.3, 0.4) is 0 Å². The molecule has 0 unspecified atom stereocenters. The van der Waals surface area contributed by atoms with E-state index >= 15 is 0 Å². The van der Waals surface area contributed by atoms with E-state index in [1.54, 1.807) is 13.2 Å². The fraction of sp³-hybridized carbons (Fsp3) is 0.571. The zero-order valence-electron chi connectivity index (χ0n) is 11.1. The van der Waals surface area contributed by atoms with E-state index in [9.17, 15) is 13.2 Å². The molecule has 6 heteroatoms. The third-order valence-electron chi connectivity index (χ3n) is 3.65. The highest BCUT2D eigenvalue weighted by Gasteiger charge is 2.33. The molecule has 0 spiro atoms. The van der Waals surface area contributed by atoms with Crippen molar-refractivity contribution in [3.8, 4) is 0 Å². The number of nitrogens with one attached hydrogen (secondary N) is 1. The first-order valence-corrected chi connectivity index (χ1v) is 7.35. The lowest BCUT2D eigenvalue weighted by molar-refractivity contribution is -0.138. The van der Waals surface area contributed by atoms with Crippen molar-refractivity contribution in [3.63, 3.8) is 0 Å². The molecule has 1 aromatic rings. The van der Waals surface area contributed by atoms with Crippen molar-refractivity contribution >= 4 is 21.6 Å². The predicted octanol–water partition coefficient (Wildman–Crippen LogP) is 4.84. The van der Waals surface area contributed by atoms with Crippen LogP contribution in [0.15, 0.2) is 22.7 Å². The Morgan fingerprint density at radius 2 is 1.85 bits per heavy atom. The van der Waals surface area contributed by atoms with Crippen LogP contribution in [-0.2, 0) is 10.9 Å². The number of anilines is 1. The van der Waals surface area contributed by atoms with Gasteiger partial charge in [-0.05, 0) is 43.9 Å². The molecule has 0 saturated heterocycles. The molecule has 0 amide bonds. The minimum absolute atomic E-state index is 0.0682. The first-order valence-electron chi connectivity index (χ1n) is 6.56. The van der Waals surface area contributed by atoms with Crippen LogP contribution in [0.1, 0.15) is 31.2 Å². The van der Waals surface area contributed by atoms with Crippen LogP contribution in [0.5, 0.6) is 0 Å². The van der Waals surface area contributed by atoms with Crippen molar-refractivity contribution in [2.24, 2.45) is 0 Å². The van der Waals surface area contributed by atoms with Crippen molar-refractivity contribution < 1.29 is 17.9 Å². The van der Waals surface area contributed by atoms with Gasteiger partial charge in [0.15, 0.2) is 0 Å². The Morgan fingerprint density at radius 3 is 2.40 bits per heavy atom. The highest BCUT2D eigenvalue weighted by Crippen LogP contribution is 2.36. The Balaban J connectivity index is 2.04. The summed E-state index contributed by atoms with van der Waals surface area (Å²) in [4.78, 5) is 0. The third kappa shape index (κ3) is 3.88. The minimum Gasteiger partial charge on any atom is -0.382 e. The maximum absolute atomic E-state index is 12.8. The fourth-order valence-electron chi connectivity index (χ4n) is 2.51. The monoisotopic (exact) mass is 351 g/mol. The zero-order chi connectivity index (χ0) is 14.8. The van der Waals surface area contributed by atoms with Crippen LogP contribution in [-0.4, -0.2) is 19.3 Å². The summed E-state index contributed by atoms with van der Waals surface area (Å²) in [6.45, 7) is 0. The highest BCUT2D eigenvalue weighted by molar-refractivity contribution is 9.10. The van der Waals surface area contributed by atoms with E-state index in [0.717, 1.165) is 31.7 Å². The summed E-state index contributed by atoms with van der Waals surface area (Å²) < 4.78 is 43.8. The van der Waals surface area contributed by atoms with Gasteiger partial charge in [0.25, 0.3) is 0 Å². The Hall–Kier alpha value is -0.750. The largest absolute Gasteiger partial charge is 0.417 e. The Morgan fingerprint density at radius 1 is 1.20 bits per heavy atom. The minimum atomic E-state index is -4.34. The van der Waals surface area contributed by atoms with Gasteiger partial charge in [0, 0.05) is 23.3 Å². The predicted molar refractivity (Wildman–Crippen MR) is 75.8 cm³/mol. The number of rotatable bonds is 3. The molecule has 1 aliphatic rings. The summed E-state index contributed by atoms with van der Waals surface area (Å²) in [5, 5.41) is 3.19. The van der Waals surface area contributed by atoms with Gasteiger partial charge >= 0.3 is 6.18 Å². The van der Waals surface area contributed by atoms with E-state index in [4.69, 9.17) is 4.74 Å². The Labute approximate surface area is 124 Å². The average molecular weight is 352 g/mol. The van der Waals surface area contributed by atoms with Crippen LogP contribution >= 0.6 is 15.9 Å². The van der Waals surface area contributed by atoms with Gasteiger partial charge in [-0.2, -0.15) is 13.2 Å². The second-order valence-electron chi connectivity index (χ2n) is 5.05. The van der Waals surface area contributed by atoms with Crippen LogP contribution in [0.2, 0.25) is 0 Å². The molecular weight excluding hydrogens is 335 g/mol. The molecule has 0 radical (unpaired) electrons. The molecular formula is C14H17BrF3NO. The van der Waals surface area contributed by atoms with E-state index in [0.29, 0.717) is 5.69 Å². The molecule has 1 saturated carbocycles. The zero-order valence-corrected chi connectivity index (χ0v) is 12.7. The number of hydrogen-bond donors (Lipinski definition) is 1. The van der Waals surface area contributed by atoms with E-state index < -0.39 is 11.7 Å². The Kier molecular flexibility index (Phi) is 4.96. The average Bonchev–Trinajstić information content (AvgIpc) is 2.40. The molecule has 1 fully saturated rings. The van der Waals surface area contributed by atoms with Crippen molar-refractivity contribution in [2.75, 3.05) is 12.4 Å². The van der Waals surface area contributed by atoms with Crippen LogP contribution in [0, 0.1) is 0 Å². The molecule has 1 aromatic carbocycles. The topological polar surface area (TPSA) is 21.3 Å². The molecule has 0 atom stereocenters. The molecule has 0 aliphatic heterocycles. The van der Waals surface area contributed by atoms with Gasteiger partial charge in [-0.3, -0.25) is 0 Å². The second-order valence-corrected chi connectivity index (χ2v) is 5.90. The molecule has 2 rings (SSSR count). The van der Waals surface area contributed by atoms with Gasteiger partial charge in [-0.15, -0.1) is 0 Å². The third-order valence-corrected chi connectivity index (χ3v) is 4.34. The summed E-state index contributed by atoms with van der Waals surface area (Å²) in [6, 6.07) is 4.48. The lowest BCUT2D eigenvalue weighted by atomic mass is 9.93. The second kappa shape index (κ2) is 6.35. The lowest BCUT2D eigenvalue weighted by Crippen LogP contribution is -2.29. The van der Waals surface area contributed by atoms with Gasteiger partial charge in [-0.1, -0.05) is 15.9 Å². The summed E-state index contributed by atoms with van der Waals surface area (Å²) >= 11 is 2.94. The number of alkyl halides is 3. The number of ether oxygens (including phenoxy) is 1. The number of halogens is 4. The van der Waals surface area contributed by atoms with Crippen molar-refractivity contribution in [3.05, 3.63) is 28.2 Å². The first-order chi connectivity index (χ1) is 9.40. The maximum atomic E-state index is 12.8. The van der Waals surface area contributed by atoms with Gasteiger partial charge in [0.1, 0.15) is 0 Å². The lowest BCUT2D eigenvalue weighted by Gasteiger charge is -2.29. The number of methoxy groups -OCH3 is 1. The first kappa shape index (κ1) is 15.6. The van der Waals surface area contributed by atoms with E-state index in [1.165, 1.54) is 6.07 Å². The quantitative estimate of drug-likeness (QED) is 0.841. The number of hydrogen-bond acceptors (Lipinski definition) is 2. The van der Waals surface area contributed by atoms with Crippen molar-refractivity contribution in [1.82, 2.24) is 0 Å². The summed E-state index contributed by atoms with van der Waals surface area (Å²) in [6.07, 6.45) is -0.354. The summed E-state index contributed by atoms with van der Waals surface area (Å²) in [5.74, 6) is 0. The normalized spacial score (nSPS) is 23.6. The van der Waals surface area contributed by atoms with Crippen LogP contribution < -0.4 is 5.32 Å². The standard InChI is InChI=1S/C14H17BrF3NO/c1-20-11-5-2-9(3-6-11)19-10-4-7-13(15)12(8-10)14(16,17)18/h4,7-9,11,19H,2-3,5-6H2,1H3. The summed E-state index contributed by atoms with van der Waals surface area (Å²) in [7, 11) is 1.70. The highest BCUT2D eigenvalue weighted by atomic mass is 79.9. The molecule has 1 aliphatic carbocycles. The molecule has 0 heterocycles. The smallest absolute Gasteiger partial charge is 0.382 e. The van der Waals surface area contributed by atoms with Gasteiger partial charge < -0.3 is 10.1 Å². The van der Waals surface area contributed by atoms with Gasteiger partial charge in [0.2, 0.25) is 0 Å². The van der Waals surface area contributed by atoms with Crippen LogP contribution in [0.4, 0.5) is 18.9 Å². The molecule has 1 N–H and O–H groups in total. The van der Waals surface area contributed by atoms with Gasteiger partial charge in [-0.25, -0.2) is 0 Å². The summed E-state index contributed by atoms with van der Waals surface area (Å²) in [5.41, 5.74) is -0.130. The van der Waals surface area contributed by atoms with E-state index in [1.807, 2.05) is 0 Å².